The third-order valence-corrected chi connectivity index (χ3v) is 11.0. The highest BCUT2D eigenvalue weighted by molar-refractivity contribution is 5.73. The number of aliphatic carboxylic acids is 1. The lowest BCUT2D eigenvalue weighted by Gasteiger charge is -2.38. The predicted molar refractivity (Wildman–Crippen MR) is 257 cm³/mol. The maximum Gasteiger partial charge on any atom is 0.335 e. The summed E-state index contributed by atoms with van der Waals surface area (Å²) in [5, 5.41) is 39.9. The van der Waals surface area contributed by atoms with Gasteiger partial charge in [-0.05, 0) is 83.5 Å². The molecule has 1 heterocycles. The molecule has 0 radical (unpaired) electrons. The van der Waals surface area contributed by atoms with Gasteiger partial charge in [0.05, 0.1) is 6.61 Å². The van der Waals surface area contributed by atoms with Gasteiger partial charge in [-0.15, -0.1) is 0 Å². The second-order valence-electron chi connectivity index (χ2n) is 16.9. The van der Waals surface area contributed by atoms with E-state index in [1.54, 1.807) is 0 Å². The zero-order chi connectivity index (χ0) is 46.7. The van der Waals surface area contributed by atoms with E-state index in [9.17, 15) is 34.8 Å². The molecule has 0 spiro atoms. The largest absolute Gasteiger partial charge is 0.479 e. The van der Waals surface area contributed by atoms with Gasteiger partial charge >= 0.3 is 17.9 Å². The highest BCUT2D eigenvalue weighted by Crippen LogP contribution is 2.23. The van der Waals surface area contributed by atoms with E-state index in [2.05, 4.69) is 86.8 Å². The predicted octanol–water partition coefficient (Wildman–Crippen LogP) is 11.6. The Labute approximate surface area is 387 Å². The molecule has 11 heteroatoms. The van der Waals surface area contributed by atoms with Crippen molar-refractivity contribution in [1.29, 1.82) is 0 Å². The Kier molecular flexibility index (Phi) is 38.8. The quantitative estimate of drug-likeness (QED) is 0.0262. The summed E-state index contributed by atoms with van der Waals surface area (Å²) in [6.45, 7) is 3.66. The van der Waals surface area contributed by atoms with Crippen molar-refractivity contribution in [3.8, 4) is 0 Å². The van der Waals surface area contributed by atoms with Gasteiger partial charge in [0, 0.05) is 12.8 Å². The first kappa shape index (κ1) is 58.7. The molecule has 0 aliphatic carbocycles. The van der Waals surface area contributed by atoms with Crippen LogP contribution in [0.25, 0.3) is 0 Å². The number of ether oxygens (including phenoxy) is 4. The number of carboxylic acid groups (broad SMARTS) is 1. The van der Waals surface area contributed by atoms with E-state index in [-0.39, 0.29) is 19.4 Å². The topological polar surface area (TPSA) is 169 Å². The molecule has 0 aromatic carbocycles. The second kappa shape index (κ2) is 42.3. The Hall–Kier alpha value is -3.35. The van der Waals surface area contributed by atoms with E-state index >= 15 is 0 Å². The van der Waals surface area contributed by atoms with Gasteiger partial charge < -0.3 is 39.4 Å². The minimum Gasteiger partial charge on any atom is -0.479 e. The first-order valence-corrected chi connectivity index (χ1v) is 25.0. The number of rotatable bonds is 41. The van der Waals surface area contributed by atoms with Crippen molar-refractivity contribution >= 4 is 17.9 Å². The van der Waals surface area contributed by atoms with Crippen LogP contribution in [0.5, 0.6) is 0 Å². The Morgan fingerprint density at radius 3 is 1.42 bits per heavy atom. The van der Waals surface area contributed by atoms with Crippen molar-refractivity contribution in [1.82, 2.24) is 0 Å². The van der Waals surface area contributed by atoms with Crippen LogP contribution in [0.15, 0.2) is 72.9 Å². The molecular formula is C53H88O11. The van der Waals surface area contributed by atoms with E-state index in [0.717, 1.165) is 64.2 Å². The van der Waals surface area contributed by atoms with Gasteiger partial charge in [-0.3, -0.25) is 9.59 Å². The minimum absolute atomic E-state index is 0.168. The van der Waals surface area contributed by atoms with E-state index in [1.807, 2.05) is 0 Å². The Morgan fingerprint density at radius 2 is 0.922 bits per heavy atom. The van der Waals surface area contributed by atoms with Crippen molar-refractivity contribution in [3.05, 3.63) is 72.9 Å². The van der Waals surface area contributed by atoms with Crippen molar-refractivity contribution in [2.75, 3.05) is 13.2 Å². The smallest absolute Gasteiger partial charge is 0.335 e. The fourth-order valence-corrected chi connectivity index (χ4v) is 7.14. The third-order valence-electron chi connectivity index (χ3n) is 11.0. The maximum absolute atomic E-state index is 12.8. The maximum atomic E-state index is 12.8. The lowest BCUT2D eigenvalue weighted by Crippen LogP contribution is -2.60. The number of carboxylic acids is 1. The van der Waals surface area contributed by atoms with Gasteiger partial charge in [-0.25, -0.2) is 4.79 Å². The highest BCUT2D eigenvalue weighted by atomic mass is 16.7. The first-order chi connectivity index (χ1) is 31.2. The SMILES string of the molecule is CC/C=C\C/C=C\C/C=C\C/C=C\CCCCC(=O)OCC(COC1OC(C(=O)O)C(O)C(O)C1O)OC(=O)CCCCCCCCCCCCC/C=C\C/C=C\CCCCCCC. The number of carbonyl (C=O) groups is 3. The average molecular weight is 901 g/mol. The Morgan fingerprint density at radius 1 is 0.500 bits per heavy atom. The molecule has 4 N–H and O–H groups in total. The molecule has 0 saturated carbocycles. The number of hydrogen-bond acceptors (Lipinski definition) is 10. The fourth-order valence-electron chi connectivity index (χ4n) is 7.14. The van der Waals surface area contributed by atoms with E-state index in [1.165, 1.54) is 89.9 Å². The van der Waals surface area contributed by atoms with Crippen molar-refractivity contribution in [3.63, 3.8) is 0 Å². The molecule has 0 aromatic heterocycles. The number of unbranched alkanes of at least 4 members (excludes halogenated alkanes) is 18. The van der Waals surface area contributed by atoms with Crippen LogP contribution in [0.3, 0.4) is 0 Å². The van der Waals surface area contributed by atoms with Crippen LogP contribution < -0.4 is 0 Å². The normalized spacial score (nSPS) is 19.9. The van der Waals surface area contributed by atoms with Crippen molar-refractivity contribution in [2.24, 2.45) is 0 Å². The Balaban J connectivity index is 2.32. The molecule has 1 aliphatic heterocycles. The summed E-state index contributed by atoms with van der Waals surface area (Å²) in [6, 6.07) is 0. The molecule has 0 aromatic rings. The molecule has 1 aliphatic rings. The second-order valence-corrected chi connectivity index (χ2v) is 16.9. The van der Waals surface area contributed by atoms with Crippen LogP contribution in [0.2, 0.25) is 0 Å². The van der Waals surface area contributed by atoms with E-state index < -0.39 is 61.3 Å². The molecule has 11 nitrogen and oxygen atoms in total. The summed E-state index contributed by atoms with van der Waals surface area (Å²) in [7, 11) is 0. The van der Waals surface area contributed by atoms with Gasteiger partial charge in [0.1, 0.15) is 24.9 Å². The summed E-state index contributed by atoms with van der Waals surface area (Å²) in [5.41, 5.74) is 0. The summed E-state index contributed by atoms with van der Waals surface area (Å²) >= 11 is 0. The average Bonchev–Trinajstić information content (AvgIpc) is 3.28. The zero-order valence-corrected chi connectivity index (χ0v) is 39.8. The van der Waals surface area contributed by atoms with E-state index in [4.69, 9.17) is 18.9 Å². The number of allylic oxidation sites excluding steroid dienone is 12. The zero-order valence-electron chi connectivity index (χ0n) is 39.8. The van der Waals surface area contributed by atoms with E-state index in [0.29, 0.717) is 12.8 Å². The first-order valence-electron chi connectivity index (χ1n) is 25.0. The van der Waals surface area contributed by atoms with Crippen LogP contribution in [0, 0.1) is 0 Å². The Bertz CT molecular complexity index is 1340. The highest BCUT2D eigenvalue weighted by Gasteiger charge is 2.47. The summed E-state index contributed by atoms with van der Waals surface area (Å²) in [5.74, 6) is -2.50. The van der Waals surface area contributed by atoms with Gasteiger partial charge in [0.2, 0.25) is 0 Å². The summed E-state index contributed by atoms with van der Waals surface area (Å²) in [4.78, 5) is 36.9. The molecule has 0 amide bonds. The number of hydrogen-bond donors (Lipinski definition) is 4. The number of aliphatic hydroxyl groups is 3. The number of aliphatic hydroxyl groups excluding tert-OH is 3. The molecule has 1 saturated heterocycles. The van der Waals surface area contributed by atoms with Crippen LogP contribution in [-0.4, -0.2) is 88.4 Å². The van der Waals surface area contributed by atoms with Crippen LogP contribution in [0.4, 0.5) is 0 Å². The molecule has 6 atom stereocenters. The van der Waals surface area contributed by atoms with Crippen LogP contribution in [-0.2, 0) is 33.3 Å². The van der Waals surface area contributed by atoms with Crippen molar-refractivity contribution < 1.29 is 53.8 Å². The number of esters is 2. The molecule has 366 valence electrons. The lowest BCUT2D eigenvalue weighted by atomic mass is 9.99. The summed E-state index contributed by atoms with van der Waals surface area (Å²) < 4.78 is 21.7. The lowest BCUT2D eigenvalue weighted by molar-refractivity contribution is -0.298. The molecule has 64 heavy (non-hydrogen) atoms. The molecular weight excluding hydrogens is 813 g/mol. The van der Waals surface area contributed by atoms with Crippen LogP contribution in [0.1, 0.15) is 194 Å². The monoisotopic (exact) mass is 901 g/mol. The van der Waals surface area contributed by atoms with Gasteiger partial charge in [-0.2, -0.15) is 0 Å². The van der Waals surface area contributed by atoms with Gasteiger partial charge in [-0.1, -0.05) is 170 Å². The van der Waals surface area contributed by atoms with Crippen LogP contribution >= 0.6 is 0 Å². The van der Waals surface area contributed by atoms with Crippen molar-refractivity contribution in [2.45, 2.75) is 230 Å². The fraction of sp³-hybridized carbons (Fsp3) is 0.717. The van der Waals surface area contributed by atoms with Gasteiger partial charge in [0.25, 0.3) is 0 Å². The number of carbonyl (C=O) groups excluding carboxylic acids is 2. The molecule has 1 fully saturated rings. The summed E-state index contributed by atoms with van der Waals surface area (Å²) in [6.07, 6.45) is 45.3. The molecule has 0 bridgehead atoms. The third kappa shape index (κ3) is 33.2. The van der Waals surface area contributed by atoms with Gasteiger partial charge in [0.15, 0.2) is 18.5 Å². The molecule has 6 unspecified atom stereocenters. The standard InChI is InChI=1S/C53H88O11/c1-3-5-7-9-11-13-15-17-19-20-21-22-23-24-25-26-28-30-32-34-36-38-40-42-47(55)63-45(44-62-53-50(58)48(56)49(57)51(64-53)52(59)60)43-61-46(54)41-39-37-35-33-31-29-27-18-16-14-12-10-8-6-4-2/h6,8,12,14-15,17-18,20-21,27,31,33,45,48-51,53,56-58H,3-5,7,9-11,13,16,19,22-26,28-30,32,34-44H2,1-2H3,(H,59,60)/b8-6-,14-12-,17-15-,21-20-,27-18-,33-31-. The minimum atomic E-state index is -1.87. The molecule has 1 rings (SSSR count).